The lowest BCUT2D eigenvalue weighted by atomic mass is 9.89. The topological polar surface area (TPSA) is 46.2 Å². The van der Waals surface area contributed by atoms with Crippen LogP contribution in [0.2, 0.25) is 0 Å². The molecule has 2 heteroatoms. The van der Waals surface area contributed by atoms with E-state index >= 15 is 0 Å². The van der Waals surface area contributed by atoms with Crippen LogP contribution in [0.5, 0.6) is 0 Å². The number of rotatable bonds is 9. The quantitative estimate of drug-likeness (QED) is 0.617. The summed E-state index contributed by atoms with van der Waals surface area (Å²) in [5.41, 5.74) is 8.65. The molecular formula is C19H29NO. The molecule has 3 N–H and O–H groups in total. The lowest BCUT2D eigenvalue weighted by Crippen LogP contribution is -2.28. The largest absolute Gasteiger partial charge is 0.512 e. The minimum atomic E-state index is 0.00120. The van der Waals surface area contributed by atoms with Gasteiger partial charge in [-0.15, -0.1) is 0 Å². The van der Waals surface area contributed by atoms with Crippen LogP contribution in [0.1, 0.15) is 75.3 Å². The van der Waals surface area contributed by atoms with Crippen LogP contribution in [0.25, 0.3) is 6.08 Å². The second-order valence-corrected chi connectivity index (χ2v) is 6.25. The van der Waals surface area contributed by atoms with E-state index in [0.717, 1.165) is 12.0 Å². The Bertz CT molecular complexity index is 466. The van der Waals surface area contributed by atoms with Gasteiger partial charge in [-0.25, -0.2) is 0 Å². The van der Waals surface area contributed by atoms with Crippen LogP contribution in [0, 0.1) is 0 Å². The molecule has 0 aromatic heterocycles. The van der Waals surface area contributed by atoms with Crippen LogP contribution in [0.4, 0.5) is 0 Å². The monoisotopic (exact) mass is 287 g/mol. The Morgan fingerprint density at radius 2 is 1.71 bits per heavy atom. The third-order valence-corrected chi connectivity index (χ3v) is 4.52. The van der Waals surface area contributed by atoms with Crippen LogP contribution in [0.15, 0.2) is 30.0 Å². The number of benzene rings is 1. The van der Waals surface area contributed by atoms with Gasteiger partial charge in [0.05, 0.1) is 5.92 Å². The molecule has 2 unspecified atom stereocenters. The van der Waals surface area contributed by atoms with Gasteiger partial charge in [-0.3, -0.25) is 0 Å². The molecule has 0 heterocycles. The smallest absolute Gasteiger partial charge is 0.102 e. The molecule has 2 nitrogen and oxygen atoms in total. The first-order valence-electron chi connectivity index (χ1n) is 8.49. The maximum absolute atomic E-state index is 10.2. The molecule has 2 rings (SSSR count). The van der Waals surface area contributed by atoms with Crippen molar-refractivity contribution in [2.45, 2.75) is 70.3 Å². The first kappa shape index (κ1) is 16.1. The van der Waals surface area contributed by atoms with E-state index in [1.807, 2.05) is 24.3 Å². The lowest BCUT2D eigenvalue weighted by Gasteiger charge is -2.21. The van der Waals surface area contributed by atoms with Crippen molar-refractivity contribution in [2.24, 2.45) is 5.73 Å². The SMILES string of the molecule is CCCCCCCCCC(N)C1C(O)=Cc2ccccc21. The van der Waals surface area contributed by atoms with E-state index in [9.17, 15) is 5.11 Å². The maximum Gasteiger partial charge on any atom is 0.102 e. The summed E-state index contributed by atoms with van der Waals surface area (Å²) in [7, 11) is 0. The number of hydrogen-bond donors (Lipinski definition) is 2. The molecule has 0 aliphatic heterocycles. The van der Waals surface area contributed by atoms with Gasteiger partial charge in [0.15, 0.2) is 0 Å². The van der Waals surface area contributed by atoms with Crippen LogP contribution < -0.4 is 5.73 Å². The van der Waals surface area contributed by atoms with Crippen molar-refractivity contribution in [1.82, 2.24) is 0 Å². The molecule has 21 heavy (non-hydrogen) atoms. The predicted octanol–water partition coefficient (Wildman–Crippen LogP) is 5.15. The molecular weight excluding hydrogens is 258 g/mol. The molecule has 1 aromatic rings. The summed E-state index contributed by atoms with van der Waals surface area (Å²) in [6.07, 6.45) is 12.0. The average molecular weight is 287 g/mol. The zero-order valence-electron chi connectivity index (χ0n) is 13.2. The molecule has 1 aliphatic rings. The van der Waals surface area contributed by atoms with Crippen molar-refractivity contribution in [3.8, 4) is 0 Å². The summed E-state index contributed by atoms with van der Waals surface area (Å²) >= 11 is 0. The number of aliphatic hydroxyl groups is 1. The Morgan fingerprint density at radius 1 is 1.05 bits per heavy atom. The van der Waals surface area contributed by atoms with Gasteiger partial charge < -0.3 is 10.8 Å². The van der Waals surface area contributed by atoms with Crippen molar-refractivity contribution in [3.05, 3.63) is 41.2 Å². The van der Waals surface area contributed by atoms with Gasteiger partial charge in [0.1, 0.15) is 5.76 Å². The van der Waals surface area contributed by atoms with Crippen LogP contribution in [0.3, 0.4) is 0 Å². The Kier molecular flexibility index (Phi) is 6.31. The highest BCUT2D eigenvalue weighted by molar-refractivity contribution is 5.65. The van der Waals surface area contributed by atoms with E-state index in [-0.39, 0.29) is 12.0 Å². The third kappa shape index (κ3) is 4.34. The molecule has 0 amide bonds. The Labute approximate surface area is 129 Å². The Morgan fingerprint density at radius 3 is 2.48 bits per heavy atom. The average Bonchev–Trinajstić information content (AvgIpc) is 2.82. The van der Waals surface area contributed by atoms with E-state index in [2.05, 4.69) is 13.0 Å². The predicted molar refractivity (Wildman–Crippen MR) is 90.4 cm³/mol. The molecule has 0 saturated carbocycles. The van der Waals surface area contributed by atoms with E-state index in [4.69, 9.17) is 5.73 Å². The number of unbranched alkanes of at least 4 members (excludes halogenated alkanes) is 6. The number of aliphatic hydroxyl groups excluding tert-OH is 1. The van der Waals surface area contributed by atoms with Crippen molar-refractivity contribution < 1.29 is 5.11 Å². The zero-order valence-corrected chi connectivity index (χ0v) is 13.2. The summed E-state index contributed by atoms with van der Waals surface area (Å²) < 4.78 is 0. The summed E-state index contributed by atoms with van der Waals surface area (Å²) in [5.74, 6) is 0.438. The highest BCUT2D eigenvalue weighted by atomic mass is 16.3. The van der Waals surface area contributed by atoms with E-state index in [1.165, 1.54) is 50.5 Å². The first-order chi connectivity index (χ1) is 10.2. The highest BCUT2D eigenvalue weighted by Gasteiger charge is 2.29. The molecule has 0 fully saturated rings. The molecule has 0 spiro atoms. The van der Waals surface area contributed by atoms with Gasteiger partial charge in [-0.1, -0.05) is 76.1 Å². The van der Waals surface area contributed by atoms with Gasteiger partial charge in [-0.2, -0.15) is 0 Å². The van der Waals surface area contributed by atoms with Gasteiger partial charge in [0.2, 0.25) is 0 Å². The van der Waals surface area contributed by atoms with Crippen molar-refractivity contribution in [1.29, 1.82) is 0 Å². The fraction of sp³-hybridized carbons (Fsp3) is 0.579. The molecule has 1 aromatic carbocycles. The number of nitrogens with two attached hydrogens (primary N) is 1. The van der Waals surface area contributed by atoms with Gasteiger partial charge in [0, 0.05) is 6.04 Å². The maximum atomic E-state index is 10.2. The normalized spacial score (nSPS) is 18.4. The van der Waals surface area contributed by atoms with E-state index in [0.29, 0.717) is 5.76 Å². The molecule has 0 saturated heterocycles. The minimum Gasteiger partial charge on any atom is -0.512 e. The Hall–Kier alpha value is -1.28. The Balaban J connectivity index is 1.74. The molecule has 2 atom stereocenters. The van der Waals surface area contributed by atoms with E-state index < -0.39 is 0 Å². The molecule has 0 bridgehead atoms. The number of hydrogen-bond acceptors (Lipinski definition) is 2. The summed E-state index contributed by atoms with van der Waals surface area (Å²) in [6.45, 7) is 2.25. The standard InChI is InChI=1S/C19H29NO/c1-2-3-4-5-6-7-8-13-17(20)19-16-12-10-9-11-15(16)14-18(19)21/h9-12,14,17,19,21H,2-8,13,20H2,1H3. The highest BCUT2D eigenvalue weighted by Crippen LogP contribution is 2.37. The minimum absolute atomic E-state index is 0.00120. The second kappa shape index (κ2) is 8.23. The molecule has 1 aliphatic carbocycles. The van der Waals surface area contributed by atoms with Crippen LogP contribution >= 0.6 is 0 Å². The fourth-order valence-corrected chi connectivity index (χ4v) is 3.29. The third-order valence-electron chi connectivity index (χ3n) is 4.52. The van der Waals surface area contributed by atoms with Gasteiger partial charge >= 0.3 is 0 Å². The van der Waals surface area contributed by atoms with Gasteiger partial charge in [0.25, 0.3) is 0 Å². The van der Waals surface area contributed by atoms with Crippen molar-refractivity contribution in [2.75, 3.05) is 0 Å². The van der Waals surface area contributed by atoms with Gasteiger partial charge in [-0.05, 0) is 23.6 Å². The van der Waals surface area contributed by atoms with E-state index in [1.54, 1.807) is 0 Å². The fourth-order valence-electron chi connectivity index (χ4n) is 3.29. The summed E-state index contributed by atoms with van der Waals surface area (Å²) in [5, 5.41) is 10.2. The summed E-state index contributed by atoms with van der Waals surface area (Å²) in [6, 6.07) is 8.20. The number of fused-ring (bicyclic) bond motifs is 1. The molecule has 116 valence electrons. The lowest BCUT2D eigenvalue weighted by molar-refractivity contribution is 0.346. The molecule has 0 radical (unpaired) electrons. The summed E-state index contributed by atoms with van der Waals surface area (Å²) in [4.78, 5) is 0. The van der Waals surface area contributed by atoms with Crippen molar-refractivity contribution in [3.63, 3.8) is 0 Å². The second-order valence-electron chi connectivity index (χ2n) is 6.25. The van der Waals surface area contributed by atoms with Crippen LogP contribution in [-0.4, -0.2) is 11.1 Å². The zero-order chi connectivity index (χ0) is 15.1. The van der Waals surface area contributed by atoms with Crippen LogP contribution in [-0.2, 0) is 0 Å². The van der Waals surface area contributed by atoms with Crippen molar-refractivity contribution >= 4 is 6.08 Å². The first-order valence-corrected chi connectivity index (χ1v) is 8.49.